The van der Waals surface area contributed by atoms with Crippen molar-refractivity contribution in [1.29, 1.82) is 0 Å². The maximum atomic E-state index is 9.58. The van der Waals surface area contributed by atoms with E-state index in [0.717, 1.165) is 22.3 Å². The molecule has 6 nitrogen and oxygen atoms in total. The molecule has 0 saturated heterocycles. The zero-order chi connectivity index (χ0) is 18.2. The number of H-pyrrole nitrogens is 1. The Balaban J connectivity index is 0.00000109. The summed E-state index contributed by atoms with van der Waals surface area (Å²) in [6.07, 6.45) is 1.66. The van der Waals surface area contributed by atoms with E-state index in [0.29, 0.717) is 17.4 Å². The van der Waals surface area contributed by atoms with Crippen LogP contribution in [0.15, 0.2) is 42.7 Å². The van der Waals surface area contributed by atoms with Gasteiger partial charge in [-0.1, -0.05) is 19.9 Å². The standard InChI is InChI=1S/C16H16N4O2S.C2H6/c1-22-15-6-10(2-5-14(15)21)8-17-16(23)20-11-3-4-12-13(7-11)19-9-18-12;1-2/h2-7,9,21H,8H2,1H3,(H,18,19)(H2,17,20,23);1-2H3. The van der Waals surface area contributed by atoms with Gasteiger partial charge in [0.2, 0.25) is 0 Å². The number of methoxy groups -OCH3 is 1. The number of anilines is 1. The number of benzene rings is 2. The van der Waals surface area contributed by atoms with Crippen LogP contribution in [0.2, 0.25) is 0 Å². The van der Waals surface area contributed by atoms with Crippen molar-refractivity contribution in [2.75, 3.05) is 12.4 Å². The SMILES string of the molecule is CC.COc1cc(CNC(=S)Nc2ccc3nc[nH]c3c2)ccc1O. The van der Waals surface area contributed by atoms with E-state index in [-0.39, 0.29) is 5.75 Å². The molecule has 4 N–H and O–H groups in total. The molecular formula is C18H22N4O2S. The highest BCUT2D eigenvalue weighted by Crippen LogP contribution is 2.26. The zero-order valence-electron chi connectivity index (χ0n) is 14.5. The van der Waals surface area contributed by atoms with Crippen molar-refractivity contribution in [2.24, 2.45) is 0 Å². The van der Waals surface area contributed by atoms with Gasteiger partial charge in [0.1, 0.15) is 0 Å². The Morgan fingerprint density at radius 2 is 2.04 bits per heavy atom. The van der Waals surface area contributed by atoms with Crippen LogP contribution in [0.1, 0.15) is 19.4 Å². The van der Waals surface area contributed by atoms with E-state index in [4.69, 9.17) is 17.0 Å². The lowest BCUT2D eigenvalue weighted by molar-refractivity contribution is 0.373. The van der Waals surface area contributed by atoms with Gasteiger partial charge in [-0.15, -0.1) is 0 Å². The van der Waals surface area contributed by atoms with Crippen LogP contribution in [0, 0.1) is 0 Å². The summed E-state index contributed by atoms with van der Waals surface area (Å²) in [4.78, 5) is 7.23. The highest BCUT2D eigenvalue weighted by Gasteiger charge is 2.04. The number of fused-ring (bicyclic) bond motifs is 1. The summed E-state index contributed by atoms with van der Waals surface area (Å²) in [6.45, 7) is 4.52. The molecule has 0 aliphatic heterocycles. The molecule has 25 heavy (non-hydrogen) atoms. The molecule has 0 bridgehead atoms. The normalized spacial score (nSPS) is 9.88. The Bertz CT molecular complexity index is 848. The summed E-state index contributed by atoms with van der Waals surface area (Å²) in [5.74, 6) is 0.553. The molecule has 3 aromatic rings. The number of hydrogen-bond acceptors (Lipinski definition) is 4. The maximum absolute atomic E-state index is 9.58. The third-order valence-corrected chi connectivity index (χ3v) is 3.62. The van der Waals surface area contributed by atoms with Crippen LogP contribution in [0.25, 0.3) is 11.0 Å². The van der Waals surface area contributed by atoms with Crippen LogP contribution in [0.5, 0.6) is 11.5 Å². The fraction of sp³-hybridized carbons (Fsp3) is 0.222. The number of ether oxygens (including phenoxy) is 1. The average molecular weight is 358 g/mol. The minimum atomic E-state index is 0.116. The number of imidazole rings is 1. The van der Waals surface area contributed by atoms with Crippen molar-refractivity contribution < 1.29 is 9.84 Å². The van der Waals surface area contributed by atoms with Crippen molar-refractivity contribution in [3.05, 3.63) is 48.3 Å². The first-order chi connectivity index (χ1) is 12.2. The summed E-state index contributed by atoms with van der Waals surface area (Å²) < 4.78 is 5.09. The Morgan fingerprint density at radius 3 is 2.80 bits per heavy atom. The van der Waals surface area contributed by atoms with Gasteiger partial charge in [0, 0.05) is 12.2 Å². The van der Waals surface area contributed by atoms with Crippen LogP contribution >= 0.6 is 12.2 Å². The van der Waals surface area contributed by atoms with E-state index in [9.17, 15) is 5.11 Å². The predicted octanol–water partition coefficient (Wildman–Crippen LogP) is 3.79. The third-order valence-electron chi connectivity index (χ3n) is 3.38. The lowest BCUT2D eigenvalue weighted by Crippen LogP contribution is -2.27. The largest absolute Gasteiger partial charge is 0.504 e. The molecule has 0 unspecified atom stereocenters. The number of nitrogens with one attached hydrogen (secondary N) is 3. The van der Waals surface area contributed by atoms with Crippen LogP contribution in [0.3, 0.4) is 0 Å². The summed E-state index contributed by atoms with van der Waals surface area (Å²) >= 11 is 5.30. The lowest BCUT2D eigenvalue weighted by Gasteiger charge is -2.11. The smallest absolute Gasteiger partial charge is 0.171 e. The molecule has 1 aromatic heterocycles. The topological polar surface area (TPSA) is 82.2 Å². The number of nitrogens with zero attached hydrogens (tertiary/aromatic N) is 1. The first kappa shape index (κ1) is 18.5. The summed E-state index contributed by atoms with van der Waals surface area (Å²) in [7, 11) is 1.52. The third kappa shape index (κ3) is 4.84. The van der Waals surface area contributed by atoms with Crippen molar-refractivity contribution in [3.8, 4) is 11.5 Å². The zero-order valence-corrected chi connectivity index (χ0v) is 15.3. The number of aromatic nitrogens is 2. The summed E-state index contributed by atoms with van der Waals surface area (Å²) in [5.41, 5.74) is 3.68. The molecule has 0 aliphatic carbocycles. The molecule has 0 spiro atoms. The van der Waals surface area contributed by atoms with Gasteiger partial charge in [-0.2, -0.15) is 0 Å². The molecule has 3 rings (SSSR count). The van der Waals surface area contributed by atoms with Crippen molar-refractivity contribution in [2.45, 2.75) is 20.4 Å². The molecule has 0 saturated carbocycles. The fourth-order valence-electron chi connectivity index (χ4n) is 2.20. The van der Waals surface area contributed by atoms with E-state index < -0.39 is 0 Å². The molecule has 132 valence electrons. The van der Waals surface area contributed by atoms with Gasteiger partial charge in [-0.3, -0.25) is 0 Å². The van der Waals surface area contributed by atoms with Crippen LogP contribution in [-0.4, -0.2) is 27.3 Å². The molecule has 0 fully saturated rings. The quantitative estimate of drug-likeness (QED) is 0.531. The Hall–Kier alpha value is -2.80. The number of phenols is 1. The van der Waals surface area contributed by atoms with Gasteiger partial charge in [-0.25, -0.2) is 4.98 Å². The number of thiocarbonyl (C=S) groups is 1. The molecule has 1 heterocycles. The molecule has 0 atom stereocenters. The molecule has 0 aliphatic rings. The molecule has 0 amide bonds. The van der Waals surface area contributed by atoms with E-state index in [1.54, 1.807) is 18.5 Å². The van der Waals surface area contributed by atoms with Crippen molar-refractivity contribution in [3.63, 3.8) is 0 Å². The predicted molar refractivity (Wildman–Crippen MR) is 105 cm³/mol. The van der Waals surface area contributed by atoms with Crippen molar-refractivity contribution >= 4 is 34.1 Å². The van der Waals surface area contributed by atoms with Gasteiger partial charge in [0.05, 0.1) is 24.5 Å². The van der Waals surface area contributed by atoms with Crippen molar-refractivity contribution in [1.82, 2.24) is 15.3 Å². The van der Waals surface area contributed by atoms with E-state index in [1.165, 1.54) is 7.11 Å². The number of aromatic amines is 1. The van der Waals surface area contributed by atoms with Gasteiger partial charge >= 0.3 is 0 Å². The monoisotopic (exact) mass is 358 g/mol. The highest BCUT2D eigenvalue weighted by molar-refractivity contribution is 7.80. The Morgan fingerprint density at radius 1 is 1.24 bits per heavy atom. The molecular weight excluding hydrogens is 336 g/mol. The van der Waals surface area contributed by atoms with Crippen LogP contribution in [0.4, 0.5) is 5.69 Å². The van der Waals surface area contributed by atoms with Crippen LogP contribution in [-0.2, 0) is 6.54 Å². The van der Waals surface area contributed by atoms with Crippen LogP contribution < -0.4 is 15.4 Å². The minimum absolute atomic E-state index is 0.116. The number of phenolic OH excluding ortho intramolecular Hbond substituents is 1. The van der Waals surface area contributed by atoms with Gasteiger partial charge in [0.15, 0.2) is 16.6 Å². The van der Waals surface area contributed by atoms with E-state index in [2.05, 4.69) is 20.6 Å². The second-order valence-electron chi connectivity index (χ2n) is 4.95. The van der Waals surface area contributed by atoms with E-state index >= 15 is 0 Å². The number of hydrogen-bond donors (Lipinski definition) is 4. The second-order valence-corrected chi connectivity index (χ2v) is 5.36. The molecule has 2 aromatic carbocycles. The summed E-state index contributed by atoms with van der Waals surface area (Å²) in [6, 6.07) is 11.0. The van der Waals surface area contributed by atoms with Gasteiger partial charge in [0.25, 0.3) is 0 Å². The molecule has 7 heteroatoms. The Kier molecular flexibility index (Phi) is 6.59. The fourth-order valence-corrected chi connectivity index (χ4v) is 2.39. The second kappa shape index (κ2) is 8.89. The first-order valence-electron chi connectivity index (χ1n) is 7.99. The lowest BCUT2D eigenvalue weighted by atomic mass is 10.2. The maximum Gasteiger partial charge on any atom is 0.171 e. The van der Waals surface area contributed by atoms with Gasteiger partial charge in [-0.05, 0) is 48.1 Å². The molecule has 0 radical (unpaired) electrons. The minimum Gasteiger partial charge on any atom is -0.504 e. The average Bonchev–Trinajstić information content (AvgIpc) is 3.10. The first-order valence-corrected chi connectivity index (χ1v) is 8.40. The van der Waals surface area contributed by atoms with E-state index in [1.807, 2.05) is 38.1 Å². The number of aromatic hydroxyl groups is 1. The Labute approximate surface area is 152 Å². The highest BCUT2D eigenvalue weighted by atomic mass is 32.1. The van der Waals surface area contributed by atoms with Gasteiger partial charge < -0.3 is 25.5 Å². The number of rotatable bonds is 4. The summed E-state index contributed by atoms with van der Waals surface area (Å²) in [5, 5.41) is 16.3.